The molecule has 0 fully saturated rings. The second-order valence-electron chi connectivity index (χ2n) is 4.30. The number of carbonyl (C=O) groups excluding carboxylic acids is 1. The number of anilines is 1. The van der Waals surface area contributed by atoms with Crippen molar-refractivity contribution in [3.05, 3.63) is 40.4 Å². The Labute approximate surface area is 130 Å². The van der Waals surface area contributed by atoms with E-state index in [9.17, 15) is 9.59 Å². The number of carboxylic acids is 1. The summed E-state index contributed by atoms with van der Waals surface area (Å²) in [6, 6.07) is 6.63. The summed E-state index contributed by atoms with van der Waals surface area (Å²) >= 11 is 2.62. The van der Waals surface area contributed by atoms with E-state index in [0.717, 1.165) is 10.6 Å². The van der Waals surface area contributed by atoms with Gasteiger partial charge in [-0.3, -0.25) is 4.79 Å². The van der Waals surface area contributed by atoms with Crippen LogP contribution in [0.1, 0.15) is 20.9 Å². The normalized spacial score (nSPS) is 10.4. The number of aryl methyl sites for hydroxylation is 2. The van der Waals surface area contributed by atoms with Gasteiger partial charge in [-0.05, 0) is 26.0 Å². The summed E-state index contributed by atoms with van der Waals surface area (Å²) in [5.74, 6) is -1.05. The molecule has 0 radical (unpaired) electrons. The van der Waals surface area contributed by atoms with Gasteiger partial charge in [0.15, 0.2) is 5.13 Å². The Balaban J connectivity index is 1.97. The predicted octanol–water partition coefficient (Wildman–Crippen LogP) is 3.19. The van der Waals surface area contributed by atoms with Gasteiger partial charge in [-0.25, -0.2) is 9.78 Å². The van der Waals surface area contributed by atoms with Crippen molar-refractivity contribution in [1.82, 2.24) is 4.98 Å². The van der Waals surface area contributed by atoms with Crippen LogP contribution in [0.4, 0.5) is 5.13 Å². The summed E-state index contributed by atoms with van der Waals surface area (Å²) < 4.78 is 0. The minimum atomic E-state index is -0.996. The number of hydrogen-bond acceptors (Lipinski definition) is 5. The highest BCUT2D eigenvalue weighted by Gasteiger charge is 2.12. The molecule has 1 amide bonds. The Morgan fingerprint density at radius 3 is 2.67 bits per heavy atom. The molecule has 0 atom stereocenters. The van der Waals surface area contributed by atoms with Gasteiger partial charge in [0.2, 0.25) is 5.91 Å². The lowest BCUT2D eigenvalue weighted by Crippen LogP contribution is -2.14. The van der Waals surface area contributed by atoms with Crippen LogP contribution < -0.4 is 5.32 Å². The third-order valence-electron chi connectivity index (χ3n) is 2.75. The molecule has 0 aliphatic carbocycles. The molecule has 1 heterocycles. The number of nitrogens with one attached hydrogen (secondary N) is 1. The Morgan fingerprint density at radius 1 is 1.33 bits per heavy atom. The van der Waals surface area contributed by atoms with Crippen molar-refractivity contribution in [3.8, 4) is 0 Å². The molecule has 0 spiro atoms. The van der Waals surface area contributed by atoms with Crippen molar-refractivity contribution in [1.29, 1.82) is 0 Å². The van der Waals surface area contributed by atoms with Gasteiger partial charge in [0.25, 0.3) is 0 Å². The van der Waals surface area contributed by atoms with Gasteiger partial charge in [-0.15, -0.1) is 23.1 Å². The summed E-state index contributed by atoms with van der Waals surface area (Å²) in [5.41, 5.74) is 1.11. The van der Waals surface area contributed by atoms with Gasteiger partial charge >= 0.3 is 5.97 Å². The van der Waals surface area contributed by atoms with Crippen LogP contribution in [0.3, 0.4) is 0 Å². The second-order valence-corrected chi connectivity index (χ2v) is 6.52. The topological polar surface area (TPSA) is 79.3 Å². The van der Waals surface area contributed by atoms with Crippen molar-refractivity contribution < 1.29 is 14.7 Å². The lowest BCUT2D eigenvalue weighted by Gasteiger charge is -2.05. The maximum Gasteiger partial charge on any atom is 0.336 e. The summed E-state index contributed by atoms with van der Waals surface area (Å²) in [6.07, 6.45) is 0. The highest BCUT2D eigenvalue weighted by Crippen LogP contribution is 2.24. The standard InChI is InChI=1S/C14H14N2O3S2/c1-8-9(2)21-14(15-8)16-12(17)7-20-11-6-4-3-5-10(11)13(18)19/h3-6H,7H2,1-2H3,(H,18,19)(H,15,16,17). The molecule has 1 aromatic heterocycles. The Morgan fingerprint density at radius 2 is 2.05 bits per heavy atom. The van der Waals surface area contributed by atoms with E-state index in [2.05, 4.69) is 10.3 Å². The van der Waals surface area contributed by atoms with Crippen molar-refractivity contribution in [3.63, 3.8) is 0 Å². The quantitative estimate of drug-likeness (QED) is 0.827. The number of carboxylic acid groups (broad SMARTS) is 1. The highest BCUT2D eigenvalue weighted by atomic mass is 32.2. The van der Waals surface area contributed by atoms with Crippen LogP contribution in [0.15, 0.2) is 29.2 Å². The molecular formula is C14H14N2O3S2. The monoisotopic (exact) mass is 322 g/mol. The zero-order chi connectivity index (χ0) is 15.4. The molecule has 5 nitrogen and oxygen atoms in total. The number of carbonyl (C=O) groups is 2. The van der Waals surface area contributed by atoms with E-state index >= 15 is 0 Å². The zero-order valence-electron chi connectivity index (χ0n) is 11.5. The summed E-state index contributed by atoms with van der Waals surface area (Å²) in [6.45, 7) is 3.83. The van der Waals surface area contributed by atoms with E-state index in [-0.39, 0.29) is 17.2 Å². The number of amides is 1. The van der Waals surface area contributed by atoms with Gasteiger partial charge in [-0.1, -0.05) is 12.1 Å². The lowest BCUT2D eigenvalue weighted by molar-refractivity contribution is -0.113. The fourth-order valence-electron chi connectivity index (χ4n) is 1.59. The molecule has 2 aromatic rings. The lowest BCUT2D eigenvalue weighted by atomic mass is 10.2. The van der Waals surface area contributed by atoms with Crippen molar-refractivity contribution >= 4 is 40.1 Å². The number of thioether (sulfide) groups is 1. The van der Waals surface area contributed by atoms with Crippen molar-refractivity contribution in [2.45, 2.75) is 18.7 Å². The van der Waals surface area contributed by atoms with Gasteiger partial charge in [-0.2, -0.15) is 0 Å². The van der Waals surface area contributed by atoms with Crippen LogP contribution >= 0.6 is 23.1 Å². The van der Waals surface area contributed by atoms with Crippen LogP contribution in [0.2, 0.25) is 0 Å². The number of aromatic carboxylic acids is 1. The second kappa shape index (κ2) is 6.73. The first-order valence-electron chi connectivity index (χ1n) is 6.16. The minimum absolute atomic E-state index is 0.141. The first kappa shape index (κ1) is 15.5. The molecule has 21 heavy (non-hydrogen) atoms. The van der Waals surface area contributed by atoms with Gasteiger partial charge in [0.05, 0.1) is 17.0 Å². The van der Waals surface area contributed by atoms with E-state index in [1.54, 1.807) is 18.2 Å². The fraction of sp³-hybridized carbons (Fsp3) is 0.214. The van der Waals surface area contributed by atoms with Gasteiger partial charge in [0, 0.05) is 9.77 Å². The first-order chi connectivity index (χ1) is 9.97. The smallest absolute Gasteiger partial charge is 0.336 e. The number of rotatable bonds is 5. The Kier molecular flexibility index (Phi) is 4.98. The minimum Gasteiger partial charge on any atom is -0.478 e. The molecule has 0 saturated heterocycles. The largest absolute Gasteiger partial charge is 0.478 e. The average Bonchev–Trinajstić information content (AvgIpc) is 2.75. The van der Waals surface area contributed by atoms with E-state index in [4.69, 9.17) is 5.11 Å². The molecular weight excluding hydrogens is 308 g/mol. The predicted molar refractivity (Wildman–Crippen MR) is 84.3 cm³/mol. The molecule has 2 rings (SSSR count). The number of aromatic nitrogens is 1. The Hall–Kier alpha value is -1.86. The van der Waals surface area contributed by atoms with E-state index in [1.807, 2.05) is 13.8 Å². The first-order valence-corrected chi connectivity index (χ1v) is 7.96. The number of thiazole rings is 1. The van der Waals surface area contributed by atoms with E-state index in [1.165, 1.54) is 29.2 Å². The van der Waals surface area contributed by atoms with Crippen LogP contribution in [0, 0.1) is 13.8 Å². The van der Waals surface area contributed by atoms with Crippen LogP contribution in [0.5, 0.6) is 0 Å². The highest BCUT2D eigenvalue weighted by molar-refractivity contribution is 8.00. The zero-order valence-corrected chi connectivity index (χ0v) is 13.2. The van der Waals surface area contributed by atoms with E-state index in [0.29, 0.717) is 10.0 Å². The van der Waals surface area contributed by atoms with Crippen LogP contribution in [-0.2, 0) is 4.79 Å². The third kappa shape index (κ3) is 4.05. The number of nitrogens with zero attached hydrogens (tertiary/aromatic N) is 1. The average molecular weight is 322 g/mol. The summed E-state index contributed by atoms with van der Waals surface area (Å²) in [4.78, 5) is 28.8. The Bertz CT molecular complexity index is 663. The molecule has 0 unspecified atom stereocenters. The molecule has 0 aliphatic heterocycles. The molecule has 0 saturated carbocycles. The van der Waals surface area contributed by atoms with Crippen LogP contribution in [-0.4, -0.2) is 27.7 Å². The molecule has 110 valence electrons. The summed E-state index contributed by atoms with van der Waals surface area (Å²) in [7, 11) is 0. The molecule has 1 aromatic carbocycles. The third-order valence-corrected chi connectivity index (χ3v) is 4.81. The summed E-state index contributed by atoms with van der Waals surface area (Å²) in [5, 5.41) is 12.4. The molecule has 7 heteroatoms. The van der Waals surface area contributed by atoms with Crippen molar-refractivity contribution in [2.24, 2.45) is 0 Å². The maximum atomic E-state index is 11.9. The van der Waals surface area contributed by atoms with Gasteiger partial charge in [0.1, 0.15) is 0 Å². The molecule has 2 N–H and O–H groups in total. The number of hydrogen-bond donors (Lipinski definition) is 2. The van der Waals surface area contributed by atoms with Gasteiger partial charge < -0.3 is 10.4 Å². The van der Waals surface area contributed by atoms with Crippen molar-refractivity contribution in [2.75, 3.05) is 11.1 Å². The SMILES string of the molecule is Cc1nc(NC(=O)CSc2ccccc2C(=O)O)sc1C. The molecule has 0 aliphatic rings. The fourth-order valence-corrected chi connectivity index (χ4v) is 3.27. The number of benzene rings is 1. The van der Waals surface area contributed by atoms with Crippen LogP contribution in [0.25, 0.3) is 0 Å². The van der Waals surface area contributed by atoms with E-state index < -0.39 is 5.97 Å². The molecule has 0 bridgehead atoms. The maximum absolute atomic E-state index is 11.9.